The van der Waals surface area contributed by atoms with Crippen molar-refractivity contribution < 1.29 is 9.53 Å². The summed E-state index contributed by atoms with van der Waals surface area (Å²) in [7, 11) is 0. The highest BCUT2D eigenvalue weighted by atomic mass is 32.2. The Bertz CT molecular complexity index is 1050. The van der Waals surface area contributed by atoms with Crippen molar-refractivity contribution in [3.8, 4) is 11.1 Å². The van der Waals surface area contributed by atoms with Gasteiger partial charge in [-0.05, 0) is 46.4 Å². The Morgan fingerprint density at radius 2 is 1.93 bits per heavy atom. The average molecular weight is 405 g/mol. The van der Waals surface area contributed by atoms with Gasteiger partial charge in [-0.25, -0.2) is 0 Å². The zero-order valence-electron chi connectivity index (χ0n) is 16.4. The Morgan fingerprint density at radius 3 is 2.76 bits per heavy atom. The van der Waals surface area contributed by atoms with Crippen molar-refractivity contribution in [1.29, 1.82) is 0 Å². The first-order valence-corrected chi connectivity index (χ1v) is 11.3. The van der Waals surface area contributed by atoms with E-state index in [1.165, 1.54) is 10.5 Å². The molecule has 2 saturated heterocycles. The minimum absolute atomic E-state index is 0.0883. The molecule has 29 heavy (non-hydrogen) atoms. The van der Waals surface area contributed by atoms with Gasteiger partial charge in [0.05, 0.1) is 18.8 Å². The SMILES string of the molecule is CSc1cccc(-c2ccc(C(=O)N3C[C@@H]4NCCO[C@@H]4C3)c3ccccc23)c1. The van der Waals surface area contributed by atoms with E-state index in [2.05, 4.69) is 54.0 Å². The number of rotatable bonds is 3. The first-order valence-electron chi connectivity index (χ1n) is 10.0. The third kappa shape index (κ3) is 3.44. The number of carbonyl (C=O) groups is 1. The number of hydrogen-bond acceptors (Lipinski definition) is 4. The molecule has 1 amide bonds. The topological polar surface area (TPSA) is 41.6 Å². The van der Waals surface area contributed by atoms with Crippen LogP contribution in [0.25, 0.3) is 21.9 Å². The summed E-state index contributed by atoms with van der Waals surface area (Å²) >= 11 is 1.74. The molecule has 2 fully saturated rings. The molecule has 5 rings (SSSR count). The molecule has 2 aliphatic rings. The highest BCUT2D eigenvalue weighted by molar-refractivity contribution is 7.98. The number of fused-ring (bicyclic) bond motifs is 2. The van der Waals surface area contributed by atoms with Crippen LogP contribution >= 0.6 is 11.8 Å². The third-order valence-electron chi connectivity index (χ3n) is 5.93. The lowest BCUT2D eigenvalue weighted by atomic mass is 9.94. The first kappa shape index (κ1) is 18.7. The highest BCUT2D eigenvalue weighted by Gasteiger charge is 2.38. The predicted octanol–water partition coefficient (Wildman–Crippen LogP) is 4.04. The molecule has 0 spiro atoms. The van der Waals surface area contributed by atoms with Crippen molar-refractivity contribution in [3.05, 3.63) is 66.2 Å². The third-order valence-corrected chi connectivity index (χ3v) is 6.65. The molecule has 5 heteroatoms. The largest absolute Gasteiger partial charge is 0.373 e. The maximum Gasteiger partial charge on any atom is 0.254 e. The number of nitrogens with one attached hydrogen (secondary N) is 1. The van der Waals surface area contributed by atoms with Crippen molar-refractivity contribution >= 4 is 28.4 Å². The smallest absolute Gasteiger partial charge is 0.254 e. The van der Waals surface area contributed by atoms with E-state index in [-0.39, 0.29) is 18.1 Å². The van der Waals surface area contributed by atoms with Gasteiger partial charge in [0, 0.05) is 30.1 Å². The van der Waals surface area contributed by atoms with Crippen LogP contribution in [0.4, 0.5) is 0 Å². The number of benzene rings is 3. The first-order chi connectivity index (χ1) is 14.2. The molecule has 3 aromatic rings. The van der Waals surface area contributed by atoms with Gasteiger partial charge in [-0.2, -0.15) is 0 Å². The molecule has 2 atom stereocenters. The van der Waals surface area contributed by atoms with Crippen LogP contribution in [-0.2, 0) is 4.74 Å². The Balaban J connectivity index is 1.53. The zero-order chi connectivity index (χ0) is 19.8. The molecular weight excluding hydrogens is 380 g/mol. The second-order valence-electron chi connectivity index (χ2n) is 7.62. The van der Waals surface area contributed by atoms with Crippen LogP contribution in [-0.4, -0.2) is 55.4 Å². The molecule has 3 aromatic carbocycles. The molecule has 148 valence electrons. The van der Waals surface area contributed by atoms with Gasteiger partial charge in [-0.1, -0.05) is 42.5 Å². The number of morpholine rings is 1. The van der Waals surface area contributed by atoms with Gasteiger partial charge >= 0.3 is 0 Å². The summed E-state index contributed by atoms with van der Waals surface area (Å²) in [6, 6.07) is 21.1. The fourth-order valence-electron chi connectivity index (χ4n) is 4.46. The predicted molar refractivity (Wildman–Crippen MR) is 119 cm³/mol. The molecule has 0 aromatic heterocycles. The number of hydrogen-bond donors (Lipinski definition) is 1. The monoisotopic (exact) mass is 404 g/mol. The molecule has 2 aliphatic heterocycles. The van der Waals surface area contributed by atoms with Gasteiger partial charge in [0.15, 0.2) is 0 Å². The van der Waals surface area contributed by atoms with Gasteiger partial charge in [0.2, 0.25) is 0 Å². The molecule has 0 bridgehead atoms. The molecule has 0 radical (unpaired) electrons. The number of likely N-dealkylation sites (tertiary alicyclic amines) is 1. The summed E-state index contributed by atoms with van der Waals surface area (Å²) in [5.74, 6) is 0.0883. The van der Waals surface area contributed by atoms with Crippen LogP contribution in [0.2, 0.25) is 0 Å². The average Bonchev–Trinajstić information content (AvgIpc) is 3.22. The van der Waals surface area contributed by atoms with Gasteiger partial charge in [-0.15, -0.1) is 11.8 Å². The quantitative estimate of drug-likeness (QED) is 0.669. The summed E-state index contributed by atoms with van der Waals surface area (Å²) < 4.78 is 5.85. The standard InChI is InChI=1S/C24H24N2O2S/c1-29-17-6-4-5-16(13-17)18-9-10-21(20-8-3-2-7-19(18)20)24(27)26-14-22-23(15-26)28-12-11-25-22/h2-10,13,22-23,25H,11-12,14-15H2,1H3/t22-,23+/m0/s1. The van der Waals surface area contributed by atoms with E-state index in [1.807, 2.05) is 23.1 Å². The lowest BCUT2D eigenvalue weighted by Crippen LogP contribution is -2.47. The van der Waals surface area contributed by atoms with E-state index < -0.39 is 0 Å². The van der Waals surface area contributed by atoms with Gasteiger partial charge in [0.25, 0.3) is 5.91 Å². The maximum atomic E-state index is 13.4. The van der Waals surface area contributed by atoms with Crippen molar-refractivity contribution in [2.24, 2.45) is 0 Å². The Kier molecular flexibility index (Phi) is 5.04. The molecule has 0 aliphatic carbocycles. The lowest BCUT2D eigenvalue weighted by molar-refractivity contribution is 0.0176. The molecule has 0 saturated carbocycles. The Morgan fingerprint density at radius 1 is 1.07 bits per heavy atom. The molecule has 2 heterocycles. The van der Waals surface area contributed by atoms with Crippen molar-refractivity contribution in [1.82, 2.24) is 10.2 Å². The van der Waals surface area contributed by atoms with E-state index in [4.69, 9.17) is 4.74 Å². The summed E-state index contributed by atoms with van der Waals surface area (Å²) in [6.07, 6.45) is 2.19. The zero-order valence-corrected chi connectivity index (χ0v) is 17.2. The molecular formula is C24H24N2O2S. The van der Waals surface area contributed by atoms with Crippen LogP contribution in [0.15, 0.2) is 65.6 Å². The van der Waals surface area contributed by atoms with E-state index in [0.717, 1.165) is 35.1 Å². The fraction of sp³-hybridized carbons (Fsp3) is 0.292. The van der Waals surface area contributed by atoms with Gasteiger partial charge in [-0.3, -0.25) is 4.79 Å². The van der Waals surface area contributed by atoms with E-state index in [0.29, 0.717) is 13.1 Å². The van der Waals surface area contributed by atoms with Crippen LogP contribution in [0.1, 0.15) is 10.4 Å². The number of amides is 1. The van der Waals surface area contributed by atoms with Gasteiger partial charge < -0.3 is 15.0 Å². The Hall–Kier alpha value is -2.34. The molecule has 0 unspecified atom stereocenters. The van der Waals surface area contributed by atoms with E-state index >= 15 is 0 Å². The fourth-order valence-corrected chi connectivity index (χ4v) is 4.92. The van der Waals surface area contributed by atoms with E-state index in [1.54, 1.807) is 11.8 Å². The summed E-state index contributed by atoms with van der Waals surface area (Å²) in [4.78, 5) is 16.6. The van der Waals surface area contributed by atoms with Crippen LogP contribution in [0.3, 0.4) is 0 Å². The van der Waals surface area contributed by atoms with Crippen LogP contribution in [0.5, 0.6) is 0 Å². The van der Waals surface area contributed by atoms with Crippen LogP contribution < -0.4 is 5.32 Å². The number of thioether (sulfide) groups is 1. The number of ether oxygens (including phenoxy) is 1. The normalized spacial score (nSPS) is 21.3. The molecule has 1 N–H and O–H groups in total. The van der Waals surface area contributed by atoms with Crippen molar-refractivity contribution in [2.75, 3.05) is 32.5 Å². The van der Waals surface area contributed by atoms with E-state index in [9.17, 15) is 4.79 Å². The summed E-state index contributed by atoms with van der Waals surface area (Å²) in [5.41, 5.74) is 3.11. The number of carbonyl (C=O) groups excluding carboxylic acids is 1. The van der Waals surface area contributed by atoms with Crippen LogP contribution in [0, 0.1) is 0 Å². The van der Waals surface area contributed by atoms with Crippen molar-refractivity contribution in [3.63, 3.8) is 0 Å². The van der Waals surface area contributed by atoms with Gasteiger partial charge in [0.1, 0.15) is 0 Å². The number of nitrogens with zero attached hydrogens (tertiary/aromatic N) is 1. The minimum atomic E-state index is 0.0883. The second kappa shape index (κ2) is 7.82. The summed E-state index contributed by atoms with van der Waals surface area (Å²) in [5, 5.41) is 5.60. The minimum Gasteiger partial charge on any atom is -0.373 e. The highest BCUT2D eigenvalue weighted by Crippen LogP contribution is 2.33. The lowest BCUT2D eigenvalue weighted by Gasteiger charge is -2.25. The Labute approximate surface area is 175 Å². The summed E-state index contributed by atoms with van der Waals surface area (Å²) in [6.45, 7) is 2.93. The van der Waals surface area contributed by atoms with Crippen molar-refractivity contribution in [2.45, 2.75) is 17.0 Å². The molecule has 4 nitrogen and oxygen atoms in total. The second-order valence-corrected chi connectivity index (χ2v) is 8.50. The maximum absolute atomic E-state index is 13.4.